The fourth-order valence-corrected chi connectivity index (χ4v) is 4.20. The summed E-state index contributed by atoms with van der Waals surface area (Å²) < 4.78 is 26.0. The molecule has 6 nitrogen and oxygen atoms in total. The Bertz CT molecular complexity index is 1200. The molecule has 0 saturated heterocycles. The molecular weight excluding hydrogens is 437 g/mol. The number of ether oxygens (including phenoxy) is 2. The van der Waals surface area contributed by atoms with Crippen molar-refractivity contribution in [1.82, 2.24) is 4.90 Å². The largest absolute Gasteiger partial charge is 0.493 e. The molecule has 0 atom stereocenters. The van der Waals surface area contributed by atoms with Gasteiger partial charge in [-0.15, -0.1) is 0 Å². The Hall–Kier alpha value is -3.87. The van der Waals surface area contributed by atoms with Gasteiger partial charge in [0.25, 0.3) is 0 Å². The number of carbonyl (C=O) groups excluding carboxylic acids is 1. The van der Waals surface area contributed by atoms with Crippen LogP contribution in [-0.2, 0) is 35.5 Å². The molecule has 0 fully saturated rings. The Morgan fingerprint density at radius 2 is 1.76 bits per heavy atom. The molecule has 1 amide bonds. The van der Waals surface area contributed by atoms with Crippen LogP contribution in [0.15, 0.2) is 60.7 Å². The van der Waals surface area contributed by atoms with Crippen molar-refractivity contribution in [1.29, 1.82) is 0 Å². The van der Waals surface area contributed by atoms with Gasteiger partial charge in [-0.2, -0.15) is 0 Å². The summed E-state index contributed by atoms with van der Waals surface area (Å²) in [7, 11) is 0. The molecule has 1 aliphatic heterocycles. The smallest absolute Gasteiger partial charge is 0.410 e. The molecule has 3 aromatic carbocycles. The summed E-state index contributed by atoms with van der Waals surface area (Å²) in [5.41, 5.74) is 4.26. The predicted molar refractivity (Wildman–Crippen MR) is 125 cm³/mol. The summed E-state index contributed by atoms with van der Waals surface area (Å²) in [5.74, 6) is -0.714. The number of benzene rings is 3. The number of amides is 1. The first kappa shape index (κ1) is 23.3. The molecule has 0 aromatic heterocycles. The summed E-state index contributed by atoms with van der Waals surface area (Å²) >= 11 is 0. The fraction of sp³-hybridized carbons (Fsp3) is 0.259. The lowest BCUT2D eigenvalue weighted by Crippen LogP contribution is -2.37. The first-order valence-electron chi connectivity index (χ1n) is 11.2. The number of halogens is 1. The Balaban J connectivity index is 1.62. The minimum absolute atomic E-state index is 0.122. The van der Waals surface area contributed by atoms with Gasteiger partial charge in [0, 0.05) is 18.7 Å². The third kappa shape index (κ3) is 5.20. The number of carboxylic acid groups (broad SMARTS) is 1. The normalized spacial score (nSPS) is 12.7. The Morgan fingerprint density at radius 3 is 2.50 bits per heavy atom. The third-order valence-corrected chi connectivity index (χ3v) is 5.81. The van der Waals surface area contributed by atoms with Crippen molar-refractivity contribution in [2.24, 2.45) is 0 Å². The third-order valence-electron chi connectivity index (χ3n) is 5.81. The number of nitrogens with zero attached hydrogens (tertiary/aromatic N) is 1. The fourth-order valence-electron chi connectivity index (χ4n) is 4.20. The second-order valence-corrected chi connectivity index (χ2v) is 8.10. The number of fused-ring (bicyclic) bond motifs is 1. The topological polar surface area (TPSA) is 76.1 Å². The molecule has 0 bridgehead atoms. The monoisotopic (exact) mass is 463 g/mol. The first-order valence-corrected chi connectivity index (χ1v) is 11.2. The highest BCUT2D eigenvalue weighted by Crippen LogP contribution is 2.38. The molecule has 34 heavy (non-hydrogen) atoms. The van der Waals surface area contributed by atoms with Crippen LogP contribution in [0, 0.1) is 5.82 Å². The SMILES string of the molecule is CCOc1cc(CC(=O)O)ccc1-c1ccc(F)c2c1CN(C(=O)OCc1ccccc1)CC2. The highest BCUT2D eigenvalue weighted by Gasteiger charge is 2.27. The van der Waals surface area contributed by atoms with Gasteiger partial charge in [-0.1, -0.05) is 48.5 Å². The molecule has 0 saturated carbocycles. The highest BCUT2D eigenvalue weighted by molar-refractivity contribution is 5.78. The summed E-state index contributed by atoms with van der Waals surface area (Å²) in [6, 6.07) is 17.8. The molecule has 1 heterocycles. The van der Waals surface area contributed by atoms with Crippen LogP contribution in [0.2, 0.25) is 0 Å². The van der Waals surface area contributed by atoms with Gasteiger partial charge in [-0.05, 0) is 53.3 Å². The van der Waals surface area contributed by atoms with E-state index < -0.39 is 12.1 Å². The van der Waals surface area contributed by atoms with Gasteiger partial charge in [-0.3, -0.25) is 4.79 Å². The van der Waals surface area contributed by atoms with Crippen LogP contribution in [0.1, 0.15) is 29.2 Å². The van der Waals surface area contributed by atoms with Crippen molar-refractivity contribution < 1.29 is 28.6 Å². The van der Waals surface area contributed by atoms with Gasteiger partial charge in [0.15, 0.2) is 0 Å². The van der Waals surface area contributed by atoms with Crippen LogP contribution < -0.4 is 4.74 Å². The second kappa shape index (κ2) is 10.4. The van der Waals surface area contributed by atoms with E-state index >= 15 is 0 Å². The molecule has 0 unspecified atom stereocenters. The van der Waals surface area contributed by atoms with Crippen molar-refractivity contribution in [2.75, 3.05) is 13.2 Å². The highest BCUT2D eigenvalue weighted by atomic mass is 19.1. The number of hydrogen-bond donors (Lipinski definition) is 1. The van der Waals surface area contributed by atoms with Crippen molar-refractivity contribution in [3.05, 3.63) is 88.7 Å². The van der Waals surface area contributed by atoms with Crippen molar-refractivity contribution in [3.63, 3.8) is 0 Å². The lowest BCUT2D eigenvalue weighted by Gasteiger charge is -2.30. The molecule has 0 radical (unpaired) electrons. The van der Waals surface area contributed by atoms with E-state index in [1.165, 1.54) is 6.07 Å². The molecule has 176 valence electrons. The Kier molecular flexibility index (Phi) is 7.11. The predicted octanol–water partition coefficient (Wildman–Crippen LogP) is 5.21. The van der Waals surface area contributed by atoms with Gasteiger partial charge < -0.3 is 19.5 Å². The van der Waals surface area contributed by atoms with Gasteiger partial charge >= 0.3 is 12.1 Å². The van der Waals surface area contributed by atoms with Gasteiger partial charge in [0.2, 0.25) is 0 Å². The van der Waals surface area contributed by atoms with Crippen LogP contribution >= 0.6 is 0 Å². The molecule has 0 spiro atoms. The molecule has 3 aromatic rings. The minimum atomic E-state index is -0.931. The van der Waals surface area contributed by atoms with E-state index in [2.05, 4.69) is 0 Å². The lowest BCUT2D eigenvalue weighted by atomic mass is 9.90. The average molecular weight is 464 g/mol. The van der Waals surface area contributed by atoms with Crippen LogP contribution in [0.3, 0.4) is 0 Å². The molecule has 7 heteroatoms. The zero-order chi connectivity index (χ0) is 24.1. The number of rotatable bonds is 7. The van der Waals surface area contributed by atoms with Gasteiger partial charge in [0.1, 0.15) is 18.2 Å². The Morgan fingerprint density at radius 1 is 1.00 bits per heavy atom. The number of hydrogen-bond acceptors (Lipinski definition) is 4. The minimum Gasteiger partial charge on any atom is -0.493 e. The zero-order valence-corrected chi connectivity index (χ0v) is 18.9. The number of carbonyl (C=O) groups is 2. The second-order valence-electron chi connectivity index (χ2n) is 8.10. The van der Waals surface area contributed by atoms with Crippen molar-refractivity contribution in [2.45, 2.75) is 32.9 Å². The summed E-state index contributed by atoms with van der Waals surface area (Å²) in [5, 5.41) is 9.13. The van der Waals surface area contributed by atoms with Crippen LogP contribution in [0.4, 0.5) is 9.18 Å². The first-order chi connectivity index (χ1) is 16.5. The van der Waals surface area contributed by atoms with E-state index in [0.717, 1.165) is 16.7 Å². The molecular formula is C27H26FNO5. The van der Waals surface area contributed by atoms with Crippen LogP contribution in [-0.4, -0.2) is 35.2 Å². The van der Waals surface area contributed by atoms with Crippen molar-refractivity contribution >= 4 is 12.1 Å². The van der Waals surface area contributed by atoms with Crippen LogP contribution in [0.5, 0.6) is 5.75 Å². The number of aliphatic carboxylic acids is 1. The van der Waals surface area contributed by atoms with E-state index in [-0.39, 0.29) is 25.4 Å². The van der Waals surface area contributed by atoms with E-state index in [0.29, 0.717) is 42.0 Å². The van der Waals surface area contributed by atoms with Crippen LogP contribution in [0.25, 0.3) is 11.1 Å². The number of carboxylic acids is 1. The maximum atomic E-state index is 14.7. The van der Waals surface area contributed by atoms with Gasteiger partial charge in [-0.25, -0.2) is 9.18 Å². The molecule has 1 aliphatic rings. The van der Waals surface area contributed by atoms with E-state index in [4.69, 9.17) is 14.6 Å². The molecule has 1 N–H and O–H groups in total. The maximum Gasteiger partial charge on any atom is 0.410 e. The zero-order valence-electron chi connectivity index (χ0n) is 18.9. The summed E-state index contributed by atoms with van der Waals surface area (Å²) in [6.45, 7) is 2.97. The van der Waals surface area contributed by atoms with Crippen molar-refractivity contribution in [3.8, 4) is 16.9 Å². The lowest BCUT2D eigenvalue weighted by molar-refractivity contribution is -0.136. The molecule has 4 rings (SSSR count). The molecule has 0 aliphatic carbocycles. The van der Waals surface area contributed by atoms with Gasteiger partial charge in [0.05, 0.1) is 13.0 Å². The van der Waals surface area contributed by atoms with E-state index in [9.17, 15) is 14.0 Å². The quantitative estimate of drug-likeness (QED) is 0.520. The van der Waals surface area contributed by atoms with E-state index in [1.54, 1.807) is 29.2 Å². The maximum absolute atomic E-state index is 14.7. The average Bonchev–Trinajstić information content (AvgIpc) is 2.84. The Labute approximate surface area is 197 Å². The standard InChI is InChI=1S/C27H26FNO5/c1-2-33-25-14-19(15-26(30)31)8-9-22(25)20-10-11-24(28)21-12-13-29(16-23(20)21)27(32)34-17-18-6-4-3-5-7-18/h3-11,14H,2,12-13,15-17H2,1H3,(H,30,31). The van der Waals surface area contributed by atoms with E-state index in [1.807, 2.05) is 37.3 Å². The summed E-state index contributed by atoms with van der Waals surface area (Å²) in [6.07, 6.45) is -0.203. The summed E-state index contributed by atoms with van der Waals surface area (Å²) in [4.78, 5) is 25.5.